The highest BCUT2D eigenvalue weighted by atomic mass is 16.2. The first-order valence-electron chi connectivity index (χ1n) is 12.4. The second-order valence-electron chi connectivity index (χ2n) is 9.22. The lowest BCUT2D eigenvalue weighted by Gasteiger charge is -2.28. The van der Waals surface area contributed by atoms with Crippen LogP contribution in [-0.4, -0.2) is 54.3 Å². The maximum atomic E-state index is 13.3. The first-order chi connectivity index (χ1) is 17.1. The average molecular weight is 466 g/mol. The molecule has 0 bridgehead atoms. The summed E-state index contributed by atoms with van der Waals surface area (Å²) in [5.41, 5.74) is 5.16. The fourth-order valence-corrected chi connectivity index (χ4v) is 4.97. The van der Waals surface area contributed by atoms with E-state index in [-0.39, 0.29) is 17.7 Å². The second kappa shape index (κ2) is 10.2. The molecule has 35 heavy (non-hydrogen) atoms. The predicted octanol–water partition coefficient (Wildman–Crippen LogP) is 5.33. The van der Waals surface area contributed by atoms with Crippen molar-refractivity contribution < 1.29 is 9.59 Å². The van der Waals surface area contributed by atoms with Gasteiger partial charge in [-0.25, -0.2) is 0 Å². The van der Waals surface area contributed by atoms with Crippen LogP contribution in [0.1, 0.15) is 40.7 Å². The molecule has 1 unspecified atom stereocenters. The van der Waals surface area contributed by atoms with E-state index in [0.717, 1.165) is 24.2 Å². The number of benzene rings is 3. The molecule has 1 fully saturated rings. The zero-order chi connectivity index (χ0) is 24.2. The van der Waals surface area contributed by atoms with Crippen molar-refractivity contribution in [2.75, 3.05) is 37.6 Å². The highest BCUT2D eigenvalue weighted by molar-refractivity contribution is 5.95. The molecule has 5 heteroatoms. The Kier molecular flexibility index (Phi) is 6.66. The van der Waals surface area contributed by atoms with E-state index in [1.807, 2.05) is 77.4 Å². The number of fused-ring (bicyclic) bond motifs is 1. The normalized spacial score (nSPS) is 16.4. The zero-order valence-corrected chi connectivity index (χ0v) is 20.1. The molecule has 5 nitrogen and oxygen atoms in total. The number of hydrogen-bond acceptors (Lipinski definition) is 3. The lowest BCUT2D eigenvalue weighted by atomic mass is 10.00. The van der Waals surface area contributed by atoms with E-state index < -0.39 is 0 Å². The lowest BCUT2D eigenvalue weighted by Crippen LogP contribution is -2.39. The van der Waals surface area contributed by atoms with Gasteiger partial charge in [-0.1, -0.05) is 60.7 Å². The second-order valence-corrected chi connectivity index (χ2v) is 9.22. The van der Waals surface area contributed by atoms with Crippen LogP contribution in [0.5, 0.6) is 0 Å². The third kappa shape index (κ3) is 4.85. The molecule has 1 saturated heterocycles. The molecule has 0 N–H and O–H groups in total. The van der Waals surface area contributed by atoms with E-state index >= 15 is 0 Å². The van der Waals surface area contributed by atoms with Gasteiger partial charge in [0.25, 0.3) is 5.91 Å². The summed E-state index contributed by atoms with van der Waals surface area (Å²) in [7, 11) is 0. The molecule has 0 aliphatic carbocycles. The van der Waals surface area contributed by atoms with Gasteiger partial charge in [-0.15, -0.1) is 0 Å². The van der Waals surface area contributed by atoms with Crippen molar-refractivity contribution in [2.45, 2.75) is 19.3 Å². The van der Waals surface area contributed by atoms with E-state index in [2.05, 4.69) is 35.3 Å². The Hall–Kier alpha value is -3.86. The van der Waals surface area contributed by atoms with Crippen molar-refractivity contribution in [3.63, 3.8) is 0 Å². The maximum Gasteiger partial charge on any atom is 0.253 e. The van der Waals surface area contributed by atoms with Gasteiger partial charge in [0.2, 0.25) is 5.91 Å². The third-order valence-corrected chi connectivity index (χ3v) is 7.00. The number of carbonyl (C=O) groups is 2. The van der Waals surface area contributed by atoms with Crippen LogP contribution < -0.4 is 4.90 Å². The standard InChI is InChI=1S/C30H31N3O2/c1-23(24-9-3-2-4-10-24)29(34)31-18-8-19-32(22-21-31)30(35)26-14-16-27(17-15-26)33-20-7-12-25-11-5-6-13-28(25)33/h2-7,9-17,23H,8,18-22H2,1H3. The Labute approximate surface area is 207 Å². The van der Waals surface area contributed by atoms with Gasteiger partial charge >= 0.3 is 0 Å². The van der Waals surface area contributed by atoms with E-state index in [1.165, 1.54) is 11.3 Å². The van der Waals surface area contributed by atoms with Crippen molar-refractivity contribution in [3.8, 4) is 0 Å². The van der Waals surface area contributed by atoms with Crippen LogP contribution in [0.2, 0.25) is 0 Å². The number of rotatable bonds is 4. The van der Waals surface area contributed by atoms with Crippen LogP contribution in [-0.2, 0) is 4.79 Å². The summed E-state index contributed by atoms with van der Waals surface area (Å²) in [6.07, 6.45) is 5.09. The van der Waals surface area contributed by atoms with Crippen molar-refractivity contribution in [1.29, 1.82) is 0 Å². The Morgan fingerprint density at radius 3 is 2.26 bits per heavy atom. The molecule has 3 aromatic carbocycles. The number of amides is 2. The van der Waals surface area contributed by atoms with E-state index in [0.29, 0.717) is 31.7 Å². The molecule has 0 radical (unpaired) electrons. The monoisotopic (exact) mass is 465 g/mol. The van der Waals surface area contributed by atoms with Gasteiger partial charge in [-0.3, -0.25) is 9.59 Å². The van der Waals surface area contributed by atoms with Crippen LogP contribution in [0, 0.1) is 0 Å². The molecule has 178 valence electrons. The van der Waals surface area contributed by atoms with Crippen LogP contribution >= 0.6 is 0 Å². The van der Waals surface area contributed by atoms with Crippen LogP contribution in [0.3, 0.4) is 0 Å². The number of nitrogens with zero attached hydrogens (tertiary/aromatic N) is 3. The predicted molar refractivity (Wildman–Crippen MR) is 141 cm³/mol. The smallest absolute Gasteiger partial charge is 0.253 e. The molecule has 0 saturated carbocycles. The van der Waals surface area contributed by atoms with Crippen LogP contribution in [0.15, 0.2) is 84.9 Å². The van der Waals surface area contributed by atoms with E-state index in [4.69, 9.17) is 0 Å². The molecule has 2 heterocycles. The van der Waals surface area contributed by atoms with Gasteiger partial charge in [0.15, 0.2) is 0 Å². The molecular formula is C30H31N3O2. The van der Waals surface area contributed by atoms with Gasteiger partial charge in [0.1, 0.15) is 0 Å². The molecule has 2 aliphatic heterocycles. The fraction of sp³-hybridized carbons (Fsp3) is 0.267. The lowest BCUT2D eigenvalue weighted by molar-refractivity contribution is -0.132. The molecule has 5 rings (SSSR count). The SMILES string of the molecule is CC(C(=O)N1CCCN(C(=O)c2ccc(N3CC=Cc4ccccc43)cc2)CC1)c1ccccc1. The molecule has 3 aromatic rings. The minimum absolute atomic E-state index is 0.0286. The molecule has 1 atom stereocenters. The number of para-hydroxylation sites is 1. The number of anilines is 2. The molecular weight excluding hydrogens is 434 g/mol. The summed E-state index contributed by atoms with van der Waals surface area (Å²) in [5.74, 6) is -0.0210. The molecule has 2 aliphatic rings. The van der Waals surface area contributed by atoms with Crippen molar-refractivity contribution >= 4 is 29.3 Å². The van der Waals surface area contributed by atoms with E-state index in [9.17, 15) is 9.59 Å². The minimum Gasteiger partial charge on any atom is -0.340 e. The van der Waals surface area contributed by atoms with Crippen LogP contribution in [0.4, 0.5) is 11.4 Å². The van der Waals surface area contributed by atoms with Gasteiger partial charge in [0.05, 0.1) is 5.92 Å². The zero-order valence-electron chi connectivity index (χ0n) is 20.1. The van der Waals surface area contributed by atoms with Crippen molar-refractivity contribution in [2.24, 2.45) is 0 Å². The summed E-state index contributed by atoms with van der Waals surface area (Å²) in [5, 5.41) is 0. The summed E-state index contributed by atoms with van der Waals surface area (Å²) in [6.45, 7) is 5.23. The minimum atomic E-state index is -0.180. The summed E-state index contributed by atoms with van der Waals surface area (Å²) >= 11 is 0. The number of carbonyl (C=O) groups excluding carboxylic acids is 2. The highest BCUT2D eigenvalue weighted by Crippen LogP contribution is 2.32. The summed E-state index contributed by atoms with van der Waals surface area (Å²) in [6, 6.07) is 26.1. The maximum absolute atomic E-state index is 13.3. The Bertz CT molecular complexity index is 1220. The first-order valence-corrected chi connectivity index (χ1v) is 12.4. The molecule has 0 spiro atoms. The van der Waals surface area contributed by atoms with Gasteiger partial charge in [-0.2, -0.15) is 0 Å². The quantitative estimate of drug-likeness (QED) is 0.523. The molecule has 2 amide bonds. The largest absolute Gasteiger partial charge is 0.340 e. The Balaban J connectivity index is 1.23. The Morgan fingerprint density at radius 1 is 0.771 bits per heavy atom. The summed E-state index contributed by atoms with van der Waals surface area (Å²) < 4.78 is 0. The summed E-state index contributed by atoms with van der Waals surface area (Å²) in [4.78, 5) is 32.4. The number of hydrogen-bond donors (Lipinski definition) is 0. The molecule has 0 aromatic heterocycles. The highest BCUT2D eigenvalue weighted by Gasteiger charge is 2.26. The Morgan fingerprint density at radius 2 is 1.46 bits per heavy atom. The van der Waals surface area contributed by atoms with Crippen molar-refractivity contribution in [1.82, 2.24) is 9.80 Å². The van der Waals surface area contributed by atoms with Gasteiger partial charge in [-0.05, 0) is 54.8 Å². The van der Waals surface area contributed by atoms with Gasteiger partial charge in [0, 0.05) is 49.7 Å². The topological polar surface area (TPSA) is 43.9 Å². The average Bonchev–Trinajstić information content (AvgIpc) is 3.18. The van der Waals surface area contributed by atoms with Crippen molar-refractivity contribution in [3.05, 3.63) is 102 Å². The van der Waals surface area contributed by atoms with Crippen LogP contribution in [0.25, 0.3) is 6.08 Å². The van der Waals surface area contributed by atoms with Gasteiger partial charge < -0.3 is 14.7 Å². The van der Waals surface area contributed by atoms with E-state index in [1.54, 1.807) is 0 Å². The third-order valence-electron chi connectivity index (χ3n) is 7.00. The fourth-order valence-electron chi connectivity index (χ4n) is 4.97. The first kappa shape index (κ1) is 22.9.